The summed E-state index contributed by atoms with van der Waals surface area (Å²) in [7, 11) is 5.53. The van der Waals surface area contributed by atoms with Crippen molar-refractivity contribution in [3.05, 3.63) is 58.7 Å². The van der Waals surface area contributed by atoms with Gasteiger partial charge in [0.2, 0.25) is 0 Å². The highest BCUT2D eigenvalue weighted by Gasteiger charge is 2.30. The molecule has 3 rings (SSSR count). The Labute approximate surface area is 181 Å². The van der Waals surface area contributed by atoms with Gasteiger partial charge in [-0.3, -0.25) is 0 Å². The maximum absolute atomic E-state index is 11.2. The first kappa shape index (κ1) is 22.6. The molecular weight excluding hydrogens is 374 g/mol. The molecule has 0 bridgehead atoms. The molecular formula is C26H37NO3. The van der Waals surface area contributed by atoms with E-state index in [1.54, 1.807) is 14.2 Å². The maximum Gasteiger partial charge on any atom is 0.161 e. The topological polar surface area (TPSA) is 41.9 Å². The number of aryl methyl sites for hydroxylation is 3. The Bertz CT molecular complexity index is 798. The van der Waals surface area contributed by atoms with Crippen molar-refractivity contribution in [3.63, 3.8) is 0 Å². The van der Waals surface area contributed by atoms with Crippen LogP contribution in [-0.4, -0.2) is 50.0 Å². The second-order valence-corrected chi connectivity index (χ2v) is 8.85. The van der Waals surface area contributed by atoms with E-state index in [1.165, 1.54) is 22.3 Å². The molecule has 0 unspecified atom stereocenters. The molecule has 2 aromatic rings. The second kappa shape index (κ2) is 10.3. The van der Waals surface area contributed by atoms with E-state index < -0.39 is 5.60 Å². The zero-order chi connectivity index (χ0) is 21.6. The first-order chi connectivity index (χ1) is 14.4. The number of nitrogens with zero attached hydrogens (tertiary/aromatic N) is 1. The molecule has 0 spiro atoms. The fourth-order valence-electron chi connectivity index (χ4n) is 4.52. The quantitative estimate of drug-likeness (QED) is 0.614. The van der Waals surface area contributed by atoms with Gasteiger partial charge in [-0.25, -0.2) is 0 Å². The lowest BCUT2D eigenvalue weighted by Gasteiger charge is -2.27. The van der Waals surface area contributed by atoms with Gasteiger partial charge in [0.05, 0.1) is 19.8 Å². The molecule has 0 amide bonds. The summed E-state index contributed by atoms with van der Waals surface area (Å²) in [6, 6.07) is 12.9. The summed E-state index contributed by atoms with van der Waals surface area (Å²) in [5, 5.41) is 11.2. The number of methoxy groups -OCH3 is 2. The van der Waals surface area contributed by atoms with Crippen LogP contribution in [0.3, 0.4) is 0 Å². The third-order valence-electron chi connectivity index (χ3n) is 6.47. The lowest BCUT2D eigenvalue weighted by Crippen LogP contribution is -2.31. The number of rotatable bonds is 9. The third-order valence-corrected chi connectivity index (χ3v) is 6.47. The molecule has 2 aromatic carbocycles. The summed E-state index contributed by atoms with van der Waals surface area (Å²) in [6.45, 7) is 4.21. The molecule has 0 heterocycles. The normalized spacial score (nSPS) is 15.5. The maximum atomic E-state index is 11.2. The van der Waals surface area contributed by atoms with Crippen molar-refractivity contribution in [2.45, 2.75) is 57.5 Å². The van der Waals surface area contributed by atoms with Gasteiger partial charge in [0.1, 0.15) is 0 Å². The Hall–Kier alpha value is -2.04. The van der Waals surface area contributed by atoms with Gasteiger partial charge in [-0.15, -0.1) is 0 Å². The molecule has 1 aliphatic rings. The van der Waals surface area contributed by atoms with E-state index >= 15 is 0 Å². The van der Waals surface area contributed by atoms with Gasteiger partial charge < -0.3 is 19.5 Å². The summed E-state index contributed by atoms with van der Waals surface area (Å²) in [5.41, 5.74) is 4.68. The molecule has 0 atom stereocenters. The van der Waals surface area contributed by atoms with Crippen molar-refractivity contribution in [1.82, 2.24) is 4.90 Å². The van der Waals surface area contributed by atoms with Crippen molar-refractivity contribution in [3.8, 4) is 11.5 Å². The highest BCUT2D eigenvalue weighted by Crippen LogP contribution is 2.37. The highest BCUT2D eigenvalue weighted by atomic mass is 16.5. The van der Waals surface area contributed by atoms with Crippen LogP contribution in [0.15, 0.2) is 36.4 Å². The molecule has 1 aliphatic carbocycles. The van der Waals surface area contributed by atoms with Gasteiger partial charge in [-0.2, -0.15) is 0 Å². The monoisotopic (exact) mass is 411 g/mol. The van der Waals surface area contributed by atoms with Crippen molar-refractivity contribution in [1.29, 1.82) is 0 Å². The highest BCUT2D eigenvalue weighted by molar-refractivity contribution is 5.48. The third kappa shape index (κ3) is 5.99. The van der Waals surface area contributed by atoms with E-state index in [1.807, 2.05) is 0 Å². The van der Waals surface area contributed by atoms with Crippen LogP contribution in [0.2, 0.25) is 0 Å². The van der Waals surface area contributed by atoms with Crippen LogP contribution in [0.5, 0.6) is 11.5 Å². The van der Waals surface area contributed by atoms with Crippen molar-refractivity contribution < 1.29 is 14.6 Å². The molecule has 0 saturated carbocycles. The largest absolute Gasteiger partial charge is 0.493 e. The number of benzene rings is 2. The van der Waals surface area contributed by atoms with Crippen LogP contribution in [0.1, 0.15) is 47.9 Å². The predicted octanol–water partition coefficient (Wildman–Crippen LogP) is 4.58. The lowest BCUT2D eigenvalue weighted by atomic mass is 9.89. The molecule has 0 saturated heterocycles. The SMILES string of the molecule is COc1cc2c(cc1OC)CCC(O)(CCCN(C)CCc1cccc(C)c1)CC2. The molecule has 4 heteroatoms. The average molecular weight is 412 g/mol. The minimum atomic E-state index is -0.586. The van der Waals surface area contributed by atoms with Crippen molar-refractivity contribution in [2.24, 2.45) is 0 Å². The Morgan fingerprint density at radius 2 is 1.60 bits per heavy atom. The molecule has 4 nitrogen and oxygen atoms in total. The number of fused-ring (bicyclic) bond motifs is 1. The number of aliphatic hydroxyl groups is 1. The first-order valence-corrected chi connectivity index (χ1v) is 11.1. The smallest absolute Gasteiger partial charge is 0.161 e. The zero-order valence-electron chi connectivity index (χ0n) is 19.0. The average Bonchev–Trinajstić information content (AvgIpc) is 2.90. The predicted molar refractivity (Wildman–Crippen MR) is 123 cm³/mol. The van der Waals surface area contributed by atoms with E-state index in [2.05, 4.69) is 55.3 Å². The Morgan fingerprint density at radius 1 is 0.967 bits per heavy atom. The first-order valence-electron chi connectivity index (χ1n) is 11.1. The van der Waals surface area contributed by atoms with Crippen LogP contribution in [-0.2, 0) is 19.3 Å². The fraction of sp³-hybridized carbons (Fsp3) is 0.538. The van der Waals surface area contributed by atoms with Gasteiger partial charge in [-0.1, -0.05) is 29.8 Å². The van der Waals surface area contributed by atoms with Gasteiger partial charge in [0.25, 0.3) is 0 Å². The Balaban J connectivity index is 1.48. The minimum Gasteiger partial charge on any atom is -0.493 e. The Morgan fingerprint density at radius 3 is 2.17 bits per heavy atom. The molecule has 0 radical (unpaired) electrons. The number of ether oxygens (including phenoxy) is 2. The van der Waals surface area contributed by atoms with Crippen LogP contribution in [0, 0.1) is 6.92 Å². The second-order valence-electron chi connectivity index (χ2n) is 8.85. The summed E-state index contributed by atoms with van der Waals surface area (Å²) in [5.74, 6) is 1.55. The molecule has 0 fully saturated rings. The van der Waals surface area contributed by atoms with Crippen molar-refractivity contribution in [2.75, 3.05) is 34.4 Å². The van der Waals surface area contributed by atoms with E-state index in [0.717, 1.165) is 69.5 Å². The molecule has 30 heavy (non-hydrogen) atoms. The van der Waals surface area contributed by atoms with E-state index in [-0.39, 0.29) is 0 Å². The van der Waals surface area contributed by atoms with Crippen LogP contribution in [0.4, 0.5) is 0 Å². The van der Waals surface area contributed by atoms with Crippen LogP contribution < -0.4 is 9.47 Å². The standard InChI is InChI=1S/C26H37NO3/c1-20-7-5-8-21(17-20)11-16-27(2)15-6-12-26(28)13-9-22-18-24(29-3)25(30-4)19-23(22)10-14-26/h5,7-8,17-19,28H,6,9-16H2,1-4H3. The fourth-order valence-corrected chi connectivity index (χ4v) is 4.52. The zero-order valence-corrected chi connectivity index (χ0v) is 19.0. The van der Waals surface area contributed by atoms with Crippen LogP contribution >= 0.6 is 0 Å². The summed E-state index contributed by atoms with van der Waals surface area (Å²) < 4.78 is 10.9. The molecule has 0 aromatic heterocycles. The molecule has 0 aliphatic heterocycles. The van der Waals surface area contributed by atoms with Crippen molar-refractivity contribution >= 4 is 0 Å². The minimum absolute atomic E-state index is 0.586. The van der Waals surface area contributed by atoms with E-state index in [4.69, 9.17) is 9.47 Å². The van der Waals surface area contributed by atoms with Gasteiger partial charge in [0.15, 0.2) is 11.5 Å². The summed E-state index contributed by atoms with van der Waals surface area (Å²) in [6.07, 6.45) is 6.32. The van der Waals surface area contributed by atoms with E-state index in [0.29, 0.717) is 0 Å². The molecule has 164 valence electrons. The molecule has 1 N–H and O–H groups in total. The van der Waals surface area contributed by atoms with E-state index in [9.17, 15) is 5.11 Å². The summed E-state index contributed by atoms with van der Waals surface area (Å²) in [4.78, 5) is 2.38. The summed E-state index contributed by atoms with van der Waals surface area (Å²) >= 11 is 0. The van der Waals surface area contributed by atoms with Crippen LogP contribution in [0.25, 0.3) is 0 Å². The van der Waals surface area contributed by atoms with Gasteiger partial charge in [0, 0.05) is 6.54 Å². The number of hydrogen-bond acceptors (Lipinski definition) is 4. The number of hydrogen-bond donors (Lipinski definition) is 1. The van der Waals surface area contributed by atoms with Gasteiger partial charge >= 0.3 is 0 Å². The number of likely N-dealkylation sites (N-methyl/N-ethyl adjacent to an activating group) is 1. The Kier molecular flexibility index (Phi) is 7.79. The lowest BCUT2D eigenvalue weighted by molar-refractivity contribution is 0.0135. The van der Waals surface area contributed by atoms with Gasteiger partial charge in [-0.05, 0) is 94.3 Å².